The van der Waals surface area contributed by atoms with E-state index in [0.29, 0.717) is 12.6 Å². The normalized spacial score (nSPS) is 18.6. The van der Waals surface area contributed by atoms with Crippen LogP contribution in [0.5, 0.6) is 0 Å². The molecule has 138 valence electrons. The van der Waals surface area contributed by atoms with Gasteiger partial charge in [0.05, 0.1) is 6.54 Å². The third-order valence-corrected chi connectivity index (χ3v) is 5.28. The second-order valence-corrected chi connectivity index (χ2v) is 7.45. The molecule has 1 amide bonds. The molecule has 3 heteroatoms. The van der Waals surface area contributed by atoms with Crippen molar-refractivity contribution >= 4 is 5.91 Å². The molecule has 0 radical (unpaired) electrons. The van der Waals surface area contributed by atoms with E-state index in [2.05, 4.69) is 71.7 Å². The van der Waals surface area contributed by atoms with E-state index in [-0.39, 0.29) is 11.9 Å². The monoisotopic (exact) mass is 350 g/mol. The summed E-state index contributed by atoms with van der Waals surface area (Å²) in [6.45, 7) is 3.66. The SMILES string of the molecule is C[C@@H](CCc1ccccc1)NC(=O)CN1CCC[C@H]1Cc1ccccc1. The first-order valence-electron chi connectivity index (χ1n) is 9.82. The standard InChI is InChI=1S/C23H30N2O/c1-19(14-15-20-9-4-2-5-10-20)24-23(26)18-25-16-8-13-22(25)17-21-11-6-3-7-12-21/h2-7,9-12,19,22H,8,13-18H2,1H3,(H,24,26)/t19-,22-/m0/s1. The number of carbonyl (C=O) groups is 1. The molecule has 1 aliphatic heterocycles. The van der Waals surface area contributed by atoms with Crippen LogP contribution in [-0.2, 0) is 17.6 Å². The zero-order valence-corrected chi connectivity index (χ0v) is 15.7. The quantitative estimate of drug-likeness (QED) is 0.785. The van der Waals surface area contributed by atoms with Crippen molar-refractivity contribution in [3.63, 3.8) is 0 Å². The fourth-order valence-electron chi connectivity index (χ4n) is 3.83. The van der Waals surface area contributed by atoms with E-state index in [1.807, 2.05) is 6.07 Å². The molecule has 0 saturated carbocycles. The first kappa shape index (κ1) is 18.7. The summed E-state index contributed by atoms with van der Waals surface area (Å²) in [6, 6.07) is 21.8. The number of benzene rings is 2. The number of amides is 1. The first-order valence-corrected chi connectivity index (χ1v) is 9.82. The largest absolute Gasteiger partial charge is 0.353 e. The van der Waals surface area contributed by atoms with Crippen molar-refractivity contribution in [2.45, 2.75) is 51.1 Å². The van der Waals surface area contributed by atoms with Crippen molar-refractivity contribution in [1.29, 1.82) is 0 Å². The summed E-state index contributed by atoms with van der Waals surface area (Å²) in [5.41, 5.74) is 2.69. The molecule has 1 heterocycles. The van der Waals surface area contributed by atoms with Crippen molar-refractivity contribution in [3.8, 4) is 0 Å². The van der Waals surface area contributed by atoms with Gasteiger partial charge in [0, 0.05) is 12.1 Å². The zero-order valence-electron chi connectivity index (χ0n) is 15.7. The van der Waals surface area contributed by atoms with Crippen LogP contribution in [0.15, 0.2) is 60.7 Å². The summed E-state index contributed by atoms with van der Waals surface area (Å²) in [4.78, 5) is 14.8. The number of rotatable bonds is 8. The number of carbonyl (C=O) groups excluding carboxylic acids is 1. The second kappa shape index (κ2) is 9.54. The van der Waals surface area contributed by atoms with Gasteiger partial charge < -0.3 is 5.32 Å². The molecule has 1 N–H and O–H groups in total. The predicted molar refractivity (Wildman–Crippen MR) is 107 cm³/mol. The minimum atomic E-state index is 0.158. The Balaban J connectivity index is 1.43. The molecule has 3 nitrogen and oxygen atoms in total. The molecule has 1 fully saturated rings. The van der Waals surface area contributed by atoms with Crippen molar-refractivity contribution < 1.29 is 4.79 Å². The van der Waals surface area contributed by atoms with Gasteiger partial charge >= 0.3 is 0 Å². The minimum Gasteiger partial charge on any atom is -0.353 e. The Bertz CT molecular complexity index is 671. The molecule has 2 aromatic rings. The van der Waals surface area contributed by atoms with Gasteiger partial charge in [0.1, 0.15) is 0 Å². The van der Waals surface area contributed by atoms with Gasteiger partial charge in [0.2, 0.25) is 5.91 Å². The number of hydrogen-bond acceptors (Lipinski definition) is 2. The average molecular weight is 351 g/mol. The van der Waals surface area contributed by atoms with E-state index in [9.17, 15) is 4.79 Å². The number of hydrogen-bond donors (Lipinski definition) is 1. The van der Waals surface area contributed by atoms with E-state index in [0.717, 1.165) is 25.8 Å². The molecule has 26 heavy (non-hydrogen) atoms. The van der Waals surface area contributed by atoms with Gasteiger partial charge in [-0.2, -0.15) is 0 Å². The van der Waals surface area contributed by atoms with E-state index < -0.39 is 0 Å². The molecule has 3 rings (SSSR count). The van der Waals surface area contributed by atoms with Crippen LogP contribution >= 0.6 is 0 Å². The predicted octanol–water partition coefficient (Wildman–Crippen LogP) is 3.83. The molecule has 2 atom stereocenters. The van der Waals surface area contributed by atoms with Crippen LogP contribution in [0.25, 0.3) is 0 Å². The Morgan fingerprint density at radius 2 is 1.73 bits per heavy atom. The first-order chi connectivity index (χ1) is 12.7. The van der Waals surface area contributed by atoms with Crippen LogP contribution in [-0.4, -0.2) is 36.0 Å². The minimum absolute atomic E-state index is 0.158. The molecular formula is C23H30N2O. The van der Waals surface area contributed by atoms with Gasteiger partial charge in [-0.25, -0.2) is 0 Å². The topological polar surface area (TPSA) is 32.3 Å². The van der Waals surface area contributed by atoms with Crippen LogP contribution in [0.2, 0.25) is 0 Å². The van der Waals surface area contributed by atoms with Gasteiger partial charge in [-0.05, 0) is 56.7 Å². The summed E-state index contributed by atoms with van der Waals surface area (Å²) in [5.74, 6) is 0.158. The Morgan fingerprint density at radius 3 is 2.42 bits per heavy atom. The molecule has 1 saturated heterocycles. The molecular weight excluding hydrogens is 320 g/mol. The lowest BCUT2D eigenvalue weighted by molar-refractivity contribution is -0.123. The lowest BCUT2D eigenvalue weighted by Gasteiger charge is -2.25. The van der Waals surface area contributed by atoms with Crippen molar-refractivity contribution in [2.75, 3.05) is 13.1 Å². The number of likely N-dealkylation sites (tertiary alicyclic amines) is 1. The van der Waals surface area contributed by atoms with E-state index in [1.165, 1.54) is 24.0 Å². The summed E-state index contributed by atoms with van der Waals surface area (Å²) >= 11 is 0. The van der Waals surface area contributed by atoms with Gasteiger partial charge in [0.15, 0.2) is 0 Å². The Morgan fingerprint density at radius 1 is 1.08 bits per heavy atom. The highest BCUT2D eigenvalue weighted by Crippen LogP contribution is 2.20. The summed E-state index contributed by atoms with van der Waals surface area (Å²) in [6.07, 6.45) is 5.39. The van der Waals surface area contributed by atoms with E-state index >= 15 is 0 Å². The van der Waals surface area contributed by atoms with Gasteiger partial charge in [-0.3, -0.25) is 9.69 Å². The molecule has 1 aliphatic rings. The molecule has 0 bridgehead atoms. The van der Waals surface area contributed by atoms with Crippen LogP contribution in [0, 0.1) is 0 Å². The van der Waals surface area contributed by atoms with E-state index in [4.69, 9.17) is 0 Å². The number of nitrogens with zero attached hydrogens (tertiary/aromatic N) is 1. The molecule has 0 unspecified atom stereocenters. The molecule has 2 aromatic carbocycles. The van der Waals surface area contributed by atoms with Crippen molar-refractivity contribution in [1.82, 2.24) is 10.2 Å². The number of nitrogens with one attached hydrogen (secondary N) is 1. The maximum atomic E-state index is 12.5. The molecule has 0 spiro atoms. The van der Waals surface area contributed by atoms with Crippen LogP contribution in [0.3, 0.4) is 0 Å². The third kappa shape index (κ3) is 5.70. The maximum absolute atomic E-state index is 12.5. The Labute approximate surface area is 157 Å². The van der Waals surface area contributed by atoms with Crippen LogP contribution in [0.1, 0.15) is 37.3 Å². The number of aryl methyl sites for hydroxylation is 1. The summed E-state index contributed by atoms with van der Waals surface area (Å²) in [7, 11) is 0. The second-order valence-electron chi connectivity index (χ2n) is 7.45. The van der Waals surface area contributed by atoms with Crippen molar-refractivity contribution in [2.24, 2.45) is 0 Å². The Kier molecular flexibility index (Phi) is 6.84. The Hall–Kier alpha value is -2.13. The smallest absolute Gasteiger partial charge is 0.234 e. The van der Waals surface area contributed by atoms with Gasteiger partial charge in [-0.1, -0.05) is 60.7 Å². The lowest BCUT2D eigenvalue weighted by atomic mass is 10.0. The summed E-state index contributed by atoms with van der Waals surface area (Å²) in [5, 5.41) is 3.18. The highest BCUT2D eigenvalue weighted by Gasteiger charge is 2.26. The highest BCUT2D eigenvalue weighted by molar-refractivity contribution is 5.78. The maximum Gasteiger partial charge on any atom is 0.234 e. The fourth-order valence-corrected chi connectivity index (χ4v) is 3.83. The average Bonchev–Trinajstić information content (AvgIpc) is 3.08. The molecule has 0 aliphatic carbocycles. The lowest BCUT2D eigenvalue weighted by Crippen LogP contribution is -2.43. The van der Waals surface area contributed by atoms with Gasteiger partial charge in [-0.15, -0.1) is 0 Å². The van der Waals surface area contributed by atoms with Crippen LogP contribution < -0.4 is 5.32 Å². The van der Waals surface area contributed by atoms with Crippen LogP contribution in [0.4, 0.5) is 0 Å². The summed E-state index contributed by atoms with van der Waals surface area (Å²) < 4.78 is 0. The molecule has 0 aromatic heterocycles. The van der Waals surface area contributed by atoms with Gasteiger partial charge in [0.25, 0.3) is 0 Å². The zero-order chi connectivity index (χ0) is 18.2. The fraction of sp³-hybridized carbons (Fsp3) is 0.435. The third-order valence-electron chi connectivity index (χ3n) is 5.28. The highest BCUT2D eigenvalue weighted by atomic mass is 16.2. The van der Waals surface area contributed by atoms with Crippen molar-refractivity contribution in [3.05, 3.63) is 71.8 Å². The van der Waals surface area contributed by atoms with E-state index in [1.54, 1.807) is 0 Å².